The molecule has 20 heavy (non-hydrogen) atoms. The Morgan fingerprint density at radius 2 is 2.15 bits per heavy atom. The van der Waals surface area contributed by atoms with Crippen molar-refractivity contribution < 1.29 is 14.6 Å². The van der Waals surface area contributed by atoms with E-state index in [-0.39, 0.29) is 18.6 Å². The third-order valence-corrected chi connectivity index (χ3v) is 3.46. The summed E-state index contributed by atoms with van der Waals surface area (Å²) < 4.78 is 5.51. The van der Waals surface area contributed by atoms with Crippen molar-refractivity contribution in [1.29, 1.82) is 0 Å². The molecule has 1 aliphatic rings. The van der Waals surface area contributed by atoms with Gasteiger partial charge in [0.1, 0.15) is 5.69 Å². The highest BCUT2D eigenvalue weighted by Crippen LogP contribution is 2.19. The third kappa shape index (κ3) is 3.70. The molecule has 1 fully saturated rings. The summed E-state index contributed by atoms with van der Waals surface area (Å²) in [6, 6.07) is 5.26. The number of hydrogen-bond acceptors (Lipinski definition) is 4. The Bertz CT molecular complexity index is 454. The van der Waals surface area contributed by atoms with E-state index in [1.54, 1.807) is 23.1 Å². The van der Waals surface area contributed by atoms with E-state index in [0.29, 0.717) is 30.6 Å². The van der Waals surface area contributed by atoms with Gasteiger partial charge in [-0.05, 0) is 38.7 Å². The van der Waals surface area contributed by atoms with Gasteiger partial charge >= 0.3 is 0 Å². The lowest BCUT2D eigenvalue weighted by atomic mass is 9.98. The summed E-state index contributed by atoms with van der Waals surface area (Å²) in [5.41, 5.74) is 0.422. The Hall–Kier alpha value is -1.62. The van der Waals surface area contributed by atoms with Crippen molar-refractivity contribution in [2.24, 2.45) is 5.92 Å². The highest BCUT2D eigenvalue weighted by Gasteiger charge is 2.24. The number of rotatable bonds is 4. The van der Waals surface area contributed by atoms with Crippen molar-refractivity contribution in [2.45, 2.75) is 32.8 Å². The number of pyridine rings is 1. The van der Waals surface area contributed by atoms with Crippen LogP contribution in [0.25, 0.3) is 0 Å². The topological polar surface area (TPSA) is 62.7 Å². The Morgan fingerprint density at radius 3 is 2.75 bits per heavy atom. The molecule has 2 rings (SSSR count). The van der Waals surface area contributed by atoms with Gasteiger partial charge in [-0.2, -0.15) is 0 Å². The van der Waals surface area contributed by atoms with E-state index in [0.717, 1.165) is 12.8 Å². The van der Waals surface area contributed by atoms with Crippen molar-refractivity contribution in [3.63, 3.8) is 0 Å². The first-order valence-corrected chi connectivity index (χ1v) is 7.14. The van der Waals surface area contributed by atoms with Gasteiger partial charge in [0, 0.05) is 25.8 Å². The van der Waals surface area contributed by atoms with E-state index in [1.165, 1.54) is 0 Å². The van der Waals surface area contributed by atoms with Crippen molar-refractivity contribution in [3.8, 4) is 5.88 Å². The molecule has 0 spiro atoms. The second-order valence-electron chi connectivity index (χ2n) is 5.45. The minimum atomic E-state index is -0.0596. The molecule has 0 saturated carbocycles. The van der Waals surface area contributed by atoms with Crippen LogP contribution in [0.3, 0.4) is 0 Å². The first-order valence-electron chi connectivity index (χ1n) is 7.14. The van der Waals surface area contributed by atoms with Crippen LogP contribution in [-0.4, -0.2) is 46.7 Å². The van der Waals surface area contributed by atoms with Crippen molar-refractivity contribution in [1.82, 2.24) is 9.88 Å². The molecule has 0 bridgehead atoms. The number of nitrogens with zero attached hydrogens (tertiary/aromatic N) is 2. The highest BCUT2D eigenvalue weighted by atomic mass is 16.5. The van der Waals surface area contributed by atoms with Crippen LogP contribution in [0, 0.1) is 5.92 Å². The fourth-order valence-electron chi connectivity index (χ4n) is 2.32. The van der Waals surface area contributed by atoms with Crippen molar-refractivity contribution >= 4 is 5.91 Å². The normalized spacial score (nSPS) is 16.5. The molecule has 1 N–H and O–H groups in total. The zero-order valence-electron chi connectivity index (χ0n) is 12.1. The number of aliphatic hydroxyl groups excluding tert-OH is 1. The van der Waals surface area contributed by atoms with Gasteiger partial charge in [-0.1, -0.05) is 6.07 Å². The van der Waals surface area contributed by atoms with Crippen LogP contribution < -0.4 is 4.74 Å². The first-order chi connectivity index (χ1) is 9.60. The summed E-state index contributed by atoms with van der Waals surface area (Å²) in [4.78, 5) is 18.4. The molecule has 0 aliphatic carbocycles. The van der Waals surface area contributed by atoms with E-state index in [2.05, 4.69) is 4.98 Å². The minimum Gasteiger partial charge on any atom is -0.475 e. The average Bonchev–Trinajstić information content (AvgIpc) is 2.46. The lowest BCUT2D eigenvalue weighted by Crippen LogP contribution is -2.39. The fraction of sp³-hybridized carbons (Fsp3) is 0.600. The molecule has 110 valence electrons. The molecular formula is C15H22N2O3. The predicted octanol–water partition coefficient (Wildman–Crippen LogP) is 1.71. The number of amides is 1. The van der Waals surface area contributed by atoms with Crippen LogP contribution in [0.2, 0.25) is 0 Å². The van der Waals surface area contributed by atoms with Crippen LogP contribution in [0.1, 0.15) is 37.2 Å². The Labute approximate surface area is 119 Å². The number of ether oxygens (including phenoxy) is 1. The summed E-state index contributed by atoms with van der Waals surface area (Å²) in [6.07, 6.45) is 1.74. The number of piperidine rings is 1. The smallest absolute Gasteiger partial charge is 0.272 e. The number of aromatic nitrogens is 1. The van der Waals surface area contributed by atoms with E-state index >= 15 is 0 Å². The second-order valence-corrected chi connectivity index (χ2v) is 5.45. The quantitative estimate of drug-likeness (QED) is 0.910. The SMILES string of the molecule is CC(C)Oc1cccc(C(=O)N2CCC(CO)CC2)n1. The second kappa shape index (κ2) is 6.70. The molecule has 1 aromatic rings. The third-order valence-electron chi connectivity index (χ3n) is 3.46. The Morgan fingerprint density at radius 1 is 1.45 bits per heavy atom. The van der Waals surface area contributed by atoms with Gasteiger partial charge in [0.25, 0.3) is 5.91 Å². The molecule has 0 atom stereocenters. The van der Waals surface area contributed by atoms with Crippen molar-refractivity contribution in [3.05, 3.63) is 23.9 Å². The molecular weight excluding hydrogens is 256 g/mol. The van der Waals surface area contributed by atoms with Gasteiger partial charge in [-0.15, -0.1) is 0 Å². The number of likely N-dealkylation sites (tertiary alicyclic amines) is 1. The summed E-state index contributed by atoms with van der Waals surface area (Å²) in [7, 11) is 0. The van der Waals surface area contributed by atoms with Crippen LogP contribution in [0.15, 0.2) is 18.2 Å². The maximum atomic E-state index is 12.4. The van der Waals surface area contributed by atoms with E-state index < -0.39 is 0 Å². The Kier molecular flexibility index (Phi) is 4.95. The molecule has 5 heteroatoms. The van der Waals surface area contributed by atoms with Gasteiger partial charge in [0.2, 0.25) is 5.88 Å². The molecule has 2 heterocycles. The molecule has 1 aromatic heterocycles. The van der Waals surface area contributed by atoms with Crippen LogP contribution in [-0.2, 0) is 0 Å². The number of carbonyl (C=O) groups excluding carboxylic acids is 1. The fourth-order valence-corrected chi connectivity index (χ4v) is 2.32. The van der Waals surface area contributed by atoms with Gasteiger partial charge in [0.05, 0.1) is 6.10 Å². The lowest BCUT2D eigenvalue weighted by Gasteiger charge is -2.30. The summed E-state index contributed by atoms with van der Waals surface area (Å²) >= 11 is 0. The number of hydrogen-bond donors (Lipinski definition) is 1. The van der Waals surface area contributed by atoms with E-state index in [4.69, 9.17) is 9.84 Å². The Balaban J connectivity index is 2.02. The van der Waals surface area contributed by atoms with Gasteiger partial charge in [-0.25, -0.2) is 4.98 Å². The monoisotopic (exact) mass is 278 g/mol. The highest BCUT2D eigenvalue weighted by molar-refractivity contribution is 5.92. The van der Waals surface area contributed by atoms with Gasteiger partial charge < -0.3 is 14.7 Å². The zero-order chi connectivity index (χ0) is 14.5. The number of aliphatic hydroxyl groups is 1. The summed E-state index contributed by atoms with van der Waals surface area (Å²) in [5.74, 6) is 0.745. The maximum Gasteiger partial charge on any atom is 0.272 e. The summed E-state index contributed by atoms with van der Waals surface area (Å²) in [6.45, 7) is 5.42. The molecule has 0 radical (unpaired) electrons. The van der Waals surface area contributed by atoms with E-state index in [1.807, 2.05) is 13.8 Å². The van der Waals surface area contributed by atoms with Crippen molar-refractivity contribution in [2.75, 3.05) is 19.7 Å². The molecule has 0 aromatic carbocycles. The standard InChI is InChI=1S/C15H22N2O3/c1-11(2)20-14-5-3-4-13(16-14)15(19)17-8-6-12(10-18)7-9-17/h3-5,11-12,18H,6-10H2,1-2H3. The maximum absolute atomic E-state index is 12.4. The largest absolute Gasteiger partial charge is 0.475 e. The lowest BCUT2D eigenvalue weighted by molar-refractivity contribution is 0.0643. The molecule has 0 unspecified atom stereocenters. The van der Waals surface area contributed by atoms with Crippen LogP contribution in [0.5, 0.6) is 5.88 Å². The first kappa shape index (κ1) is 14.8. The average molecular weight is 278 g/mol. The minimum absolute atomic E-state index is 0.0353. The number of carbonyl (C=O) groups is 1. The van der Waals surface area contributed by atoms with E-state index in [9.17, 15) is 4.79 Å². The molecule has 5 nitrogen and oxygen atoms in total. The summed E-state index contributed by atoms with van der Waals surface area (Å²) in [5, 5.41) is 9.12. The van der Waals surface area contributed by atoms with Crippen LogP contribution >= 0.6 is 0 Å². The van der Waals surface area contributed by atoms with Gasteiger partial charge in [0.15, 0.2) is 0 Å². The molecule has 1 aliphatic heterocycles. The predicted molar refractivity (Wildman–Crippen MR) is 75.7 cm³/mol. The molecule has 1 saturated heterocycles. The van der Waals surface area contributed by atoms with Gasteiger partial charge in [-0.3, -0.25) is 4.79 Å². The molecule has 1 amide bonds. The zero-order valence-corrected chi connectivity index (χ0v) is 12.1. The van der Waals surface area contributed by atoms with Crippen LogP contribution in [0.4, 0.5) is 0 Å².